The maximum Gasteiger partial charge on any atom is 0.249 e. The molecule has 0 N–H and O–H groups in total. The quantitative estimate of drug-likeness (QED) is 0.334. The molecule has 0 saturated heterocycles. The van der Waals surface area contributed by atoms with Crippen LogP contribution in [0.5, 0.6) is 0 Å². The normalized spacial score (nSPS) is 15.1. The standard InChI is InChI=1S/C17H36O3Si2/c1-16(2,3)18-13-12-15(20-21(7,8)9)14-19-22(10,11)17(4,5)6/h12-14H,1-11H3/b13-12+,15-14-. The minimum Gasteiger partial charge on any atom is -0.546 e. The Hall–Kier alpha value is -0.686. The summed E-state index contributed by atoms with van der Waals surface area (Å²) >= 11 is 0. The van der Waals surface area contributed by atoms with Gasteiger partial charge in [0.1, 0.15) is 12.0 Å². The first-order valence-electron chi connectivity index (χ1n) is 7.95. The van der Waals surface area contributed by atoms with Gasteiger partial charge in [0.05, 0.1) is 11.9 Å². The molecular weight excluding hydrogens is 308 g/mol. The molecule has 0 aromatic carbocycles. The molecule has 0 amide bonds. The van der Waals surface area contributed by atoms with Crippen LogP contribution in [-0.2, 0) is 13.6 Å². The van der Waals surface area contributed by atoms with Crippen LogP contribution >= 0.6 is 0 Å². The number of allylic oxidation sites excluding steroid dienone is 1. The number of ether oxygens (including phenoxy) is 1. The van der Waals surface area contributed by atoms with Gasteiger partial charge in [-0.2, -0.15) is 0 Å². The third-order valence-electron chi connectivity index (χ3n) is 3.35. The van der Waals surface area contributed by atoms with Gasteiger partial charge in [-0.15, -0.1) is 0 Å². The fraction of sp³-hybridized carbons (Fsp3) is 0.765. The van der Waals surface area contributed by atoms with E-state index in [1.165, 1.54) is 0 Å². The Morgan fingerprint density at radius 2 is 1.36 bits per heavy atom. The van der Waals surface area contributed by atoms with Gasteiger partial charge in [0.2, 0.25) is 16.6 Å². The van der Waals surface area contributed by atoms with Gasteiger partial charge in [-0.3, -0.25) is 0 Å². The predicted octanol–water partition coefficient (Wildman–Crippen LogP) is 6.03. The number of hydrogen-bond donors (Lipinski definition) is 0. The van der Waals surface area contributed by atoms with Crippen molar-refractivity contribution in [2.24, 2.45) is 0 Å². The van der Waals surface area contributed by atoms with Crippen LogP contribution in [0.15, 0.2) is 24.4 Å². The Balaban J connectivity index is 5.13. The summed E-state index contributed by atoms with van der Waals surface area (Å²) in [5.74, 6) is 0.744. The molecule has 22 heavy (non-hydrogen) atoms. The lowest BCUT2D eigenvalue weighted by atomic mass is 10.2. The van der Waals surface area contributed by atoms with E-state index in [0.29, 0.717) is 0 Å². The van der Waals surface area contributed by atoms with Crippen molar-refractivity contribution in [1.82, 2.24) is 0 Å². The molecule has 0 atom stereocenters. The molecule has 0 radical (unpaired) electrons. The summed E-state index contributed by atoms with van der Waals surface area (Å²) in [7, 11) is -3.53. The van der Waals surface area contributed by atoms with Crippen molar-refractivity contribution in [3.8, 4) is 0 Å². The maximum atomic E-state index is 6.15. The van der Waals surface area contributed by atoms with Gasteiger partial charge in [0.15, 0.2) is 0 Å². The molecular formula is C17H36O3Si2. The molecule has 130 valence electrons. The Labute approximate surface area is 140 Å². The summed E-state index contributed by atoms with van der Waals surface area (Å²) in [6.45, 7) is 23.7. The largest absolute Gasteiger partial charge is 0.546 e. The summed E-state index contributed by atoms with van der Waals surface area (Å²) in [4.78, 5) is 0. The monoisotopic (exact) mass is 344 g/mol. The zero-order chi connectivity index (χ0) is 17.8. The highest BCUT2D eigenvalue weighted by Gasteiger charge is 2.38. The fourth-order valence-electron chi connectivity index (χ4n) is 1.14. The molecule has 0 fully saturated rings. The van der Waals surface area contributed by atoms with Crippen molar-refractivity contribution in [2.75, 3.05) is 0 Å². The Morgan fingerprint density at radius 1 is 0.864 bits per heavy atom. The first-order valence-corrected chi connectivity index (χ1v) is 14.3. The van der Waals surface area contributed by atoms with E-state index < -0.39 is 16.6 Å². The molecule has 0 aliphatic heterocycles. The molecule has 0 aliphatic rings. The molecule has 0 rings (SSSR count). The van der Waals surface area contributed by atoms with Crippen molar-refractivity contribution in [3.63, 3.8) is 0 Å². The highest BCUT2D eigenvalue weighted by Crippen LogP contribution is 2.37. The Bertz CT molecular complexity index is 405. The molecule has 0 spiro atoms. The average molecular weight is 345 g/mol. The van der Waals surface area contributed by atoms with Gasteiger partial charge < -0.3 is 13.6 Å². The Kier molecular flexibility index (Phi) is 7.03. The highest BCUT2D eigenvalue weighted by molar-refractivity contribution is 6.74. The van der Waals surface area contributed by atoms with Crippen LogP contribution in [-0.4, -0.2) is 22.2 Å². The van der Waals surface area contributed by atoms with Gasteiger partial charge in [0.25, 0.3) is 0 Å². The molecule has 0 unspecified atom stereocenters. The van der Waals surface area contributed by atoms with Crippen LogP contribution in [0.25, 0.3) is 0 Å². The van der Waals surface area contributed by atoms with Crippen LogP contribution in [0, 0.1) is 0 Å². The molecule has 0 aliphatic carbocycles. The molecule has 3 nitrogen and oxygen atoms in total. The summed E-state index contributed by atoms with van der Waals surface area (Å²) in [5.41, 5.74) is -0.207. The summed E-state index contributed by atoms with van der Waals surface area (Å²) < 4.78 is 17.9. The molecule has 5 heteroatoms. The minimum atomic E-state index is -1.83. The summed E-state index contributed by atoms with van der Waals surface area (Å²) in [6, 6.07) is 0. The van der Waals surface area contributed by atoms with Gasteiger partial charge in [-0.05, 0) is 58.5 Å². The second-order valence-electron chi connectivity index (χ2n) is 9.15. The number of hydrogen-bond acceptors (Lipinski definition) is 3. The van der Waals surface area contributed by atoms with Gasteiger partial charge in [-0.25, -0.2) is 0 Å². The van der Waals surface area contributed by atoms with E-state index in [4.69, 9.17) is 13.6 Å². The van der Waals surface area contributed by atoms with E-state index in [-0.39, 0.29) is 10.6 Å². The SMILES string of the molecule is CC(C)(C)O/C=C/C(=C/O[Si](C)(C)C(C)(C)C)O[Si](C)(C)C. The lowest BCUT2D eigenvalue weighted by Crippen LogP contribution is -2.39. The first-order chi connectivity index (χ1) is 9.54. The fourth-order valence-corrected chi connectivity index (χ4v) is 2.73. The average Bonchev–Trinajstić information content (AvgIpc) is 2.20. The van der Waals surface area contributed by atoms with Crippen LogP contribution in [0.2, 0.25) is 37.8 Å². The molecule has 0 heterocycles. The molecule has 0 aromatic heterocycles. The van der Waals surface area contributed by atoms with Crippen molar-refractivity contribution >= 4 is 16.6 Å². The second kappa shape index (κ2) is 7.26. The topological polar surface area (TPSA) is 27.7 Å². The van der Waals surface area contributed by atoms with Crippen molar-refractivity contribution in [2.45, 2.75) is 84.9 Å². The lowest BCUT2D eigenvalue weighted by molar-refractivity contribution is 0.0762. The second-order valence-corrected chi connectivity index (χ2v) is 18.3. The van der Waals surface area contributed by atoms with E-state index in [2.05, 4.69) is 53.5 Å². The summed E-state index contributed by atoms with van der Waals surface area (Å²) in [5, 5.41) is 0.166. The van der Waals surface area contributed by atoms with E-state index >= 15 is 0 Å². The van der Waals surface area contributed by atoms with E-state index in [0.717, 1.165) is 5.76 Å². The third kappa shape index (κ3) is 9.36. The predicted molar refractivity (Wildman–Crippen MR) is 101 cm³/mol. The van der Waals surface area contributed by atoms with Crippen molar-refractivity contribution < 1.29 is 13.6 Å². The lowest BCUT2D eigenvalue weighted by Gasteiger charge is -2.35. The van der Waals surface area contributed by atoms with E-state index in [1.54, 1.807) is 12.5 Å². The van der Waals surface area contributed by atoms with E-state index in [9.17, 15) is 0 Å². The van der Waals surface area contributed by atoms with Gasteiger partial charge in [0, 0.05) is 6.08 Å². The first kappa shape index (κ1) is 21.3. The Morgan fingerprint density at radius 3 is 1.73 bits per heavy atom. The van der Waals surface area contributed by atoms with Crippen LogP contribution in [0.4, 0.5) is 0 Å². The zero-order valence-electron chi connectivity index (χ0n) is 16.5. The minimum absolute atomic E-state index is 0.166. The molecule has 0 saturated carbocycles. The zero-order valence-corrected chi connectivity index (χ0v) is 18.5. The maximum absolute atomic E-state index is 6.15. The van der Waals surface area contributed by atoms with Crippen LogP contribution in [0.1, 0.15) is 41.5 Å². The molecule has 0 aromatic rings. The smallest absolute Gasteiger partial charge is 0.249 e. The van der Waals surface area contributed by atoms with Crippen LogP contribution < -0.4 is 0 Å². The van der Waals surface area contributed by atoms with E-state index in [1.807, 2.05) is 26.8 Å². The highest BCUT2D eigenvalue weighted by atomic mass is 28.4. The number of rotatable bonds is 6. The van der Waals surface area contributed by atoms with Crippen molar-refractivity contribution in [1.29, 1.82) is 0 Å². The van der Waals surface area contributed by atoms with Gasteiger partial charge in [-0.1, -0.05) is 20.8 Å². The van der Waals surface area contributed by atoms with Gasteiger partial charge >= 0.3 is 0 Å². The molecule has 0 bridgehead atoms. The summed E-state index contributed by atoms with van der Waals surface area (Å²) in [6.07, 6.45) is 5.33. The third-order valence-corrected chi connectivity index (χ3v) is 8.52. The van der Waals surface area contributed by atoms with Crippen molar-refractivity contribution in [3.05, 3.63) is 24.4 Å². The van der Waals surface area contributed by atoms with Crippen LogP contribution in [0.3, 0.4) is 0 Å².